The van der Waals surface area contributed by atoms with Crippen LogP contribution in [0.3, 0.4) is 0 Å². The maximum absolute atomic E-state index is 12.9. The van der Waals surface area contributed by atoms with Crippen LogP contribution in [0.4, 0.5) is 5.82 Å². The maximum atomic E-state index is 12.9. The van der Waals surface area contributed by atoms with Crippen molar-refractivity contribution >= 4 is 39.6 Å². The van der Waals surface area contributed by atoms with Crippen LogP contribution < -0.4 is 11.1 Å². The topological polar surface area (TPSA) is 142 Å². The van der Waals surface area contributed by atoms with Gasteiger partial charge in [-0.05, 0) is 79.3 Å². The van der Waals surface area contributed by atoms with Crippen molar-refractivity contribution in [2.24, 2.45) is 0 Å². The number of rotatable bonds is 13. The van der Waals surface area contributed by atoms with Crippen LogP contribution in [-0.2, 0) is 22.6 Å². The Morgan fingerprint density at radius 2 is 1.55 bits per heavy atom. The molecule has 2 amide bonds. The van der Waals surface area contributed by atoms with Gasteiger partial charge in [0.1, 0.15) is 17.4 Å². The number of hydrogen-bond acceptors (Lipinski definition) is 9. The Kier molecular flexibility index (Phi) is 10.8. The third kappa shape index (κ3) is 7.94. The van der Waals surface area contributed by atoms with E-state index in [1.54, 1.807) is 12.1 Å². The van der Waals surface area contributed by atoms with E-state index in [2.05, 4.69) is 67.8 Å². The number of nitrogen functional groups attached to an aromatic ring is 1. The molecule has 282 valence electrons. The van der Waals surface area contributed by atoms with Crippen LogP contribution in [0.2, 0.25) is 0 Å². The fourth-order valence-corrected chi connectivity index (χ4v) is 8.28. The number of pyridine rings is 1. The molecule has 55 heavy (non-hydrogen) atoms. The molecule has 0 aliphatic carbocycles. The molecule has 4 N–H and O–H groups in total. The van der Waals surface area contributed by atoms with Gasteiger partial charge < -0.3 is 20.3 Å². The van der Waals surface area contributed by atoms with Gasteiger partial charge in [0, 0.05) is 67.2 Å². The third-order valence-electron chi connectivity index (χ3n) is 11.3. The lowest BCUT2D eigenvalue weighted by atomic mass is 10.0. The Balaban J connectivity index is 0.774. The number of fused-ring (bicyclic) bond motifs is 3. The van der Waals surface area contributed by atoms with Crippen molar-refractivity contribution in [1.82, 2.24) is 34.9 Å². The molecule has 5 heterocycles. The number of amides is 2. The lowest BCUT2D eigenvalue weighted by molar-refractivity contribution is -0.135. The predicted molar refractivity (Wildman–Crippen MR) is 216 cm³/mol. The van der Waals surface area contributed by atoms with Crippen molar-refractivity contribution in [2.75, 3.05) is 38.5 Å². The third-order valence-corrected chi connectivity index (χ3v) is 11.3. The molecule has 3 aromatic carbocycles. The van der Waals surface area contributed by atoms with E-state index in [1.807, 2.05) is 41.1 Å². The first-order valence-corrected chi connectivity index (χ1v) is 19.6. The smallest absolute Gasteiger partial charge is 0.249 e. The number of carbonyl (C=O) groups is 2. The summed E-state index contributed by atoms with van der Waals surface area (Å²) in [5.74, 6) is 0.0755. The zero-order chi connectivity index (χ0) is 37.7. The second-order valence-corrected chi connectivity index (χ2v) is 14.9. The highest BCUT2D eigenvalue weighted by Crippen LogP contribution is 2.36. The molecule has 0 radical (unpaired) electrons. The molecule has 2 saturated heterocycles. The van der Waals surface area contributed by atoms with E-state index in [9.17, 15) is 14.7 Å². The van der Waals surface area contributed by atoms with Crippen LogP contribution in [0.1, 0.15) is 62.1 Å². The monoisotopic (exact) mass is 736 g/mol. The SMILES string of the molecule is Nc1nnc(-c2ccccc2O)cc1-c1ccc(CN2CCN(CCCCCCCc3ccnc4c3c3ccccc3n4C3CCC(=O)NC3=O)CC2)cc1. The van der Waals surface area contributed by atoms with Crippen molar-refractivity contribution in [3.05, 3.63) is 102 Å². The number of carbonyl (C=O) groups excluding carboxylic acids is 2. The van der Waals surface area contributed by atoms with Gasteiger partial charge in [0.05, 0.1) is 11.2 Å². The number of piperidine rings is 1. The first-order valence-electron chi connectivity index (χ1n) is 19.6. The van der Waals surface area contributed by atoms with E-state index in [-0.39, 0.29) is 17.6 Å². The van der Waals surface area contributed by atoms with E-state index in [1.165, 1.54) is 36.8 Å². The minimum absolute atomic E-state index is 0.162. The Hall–Kier alpha value is -5.65. The van der Waals surface area contributed by atoms with Crippen LogP contribution in [-0.4, -0.2) is 79.2 Å². The summed E-state index contributed by atoms with van der Waals surface area (Å²) in [6, 6.07) is 27.4. The number of piperazine rings is 1. The molecule has 3 aromatic heterocycles. The predicted octanol–water partition coefficient (Wildman–Crippen LogP) is 6.89. The van der Waals surface area contributed by atoms with Gasteiger partial charge in [0.15, 0.2) is 5.82 Å². The van der Waals surface area contributed by atoms with Crippen LogP contribution in [0.25, 0.3) is 44.3 Å². The van der Waals surface area contributed by atoms with E-state index in [0.717, 1.165) is 85.2 Å². The summed E-state index contributed by atoms with van der Waals surface area (Å²) in [4.78, 5) is 34.6. The maximum Gasteiger partial charge on any atom is 0.249 e. The number of nitrogens with one attached hydrogen (secondary N) is 1. The molecule has 11 nitrogen and oxygen atoms in total. The zero-order valence-corrected chi connectivity index (χ0v) is 31.2. The molecule has 1 atom stereocenters. The number of aromatic nitrogens is 4. The molecule has 2 aliphatic heterocycles. The van der Waals surface area contributed by atoms with Crippen molar-refractivity contribution in [3.8, 4) is 28.1 Å². The molecular weight excluding hydrogens is 689 g/mol. The minimum Gasteiger partial charge on any atom is -0.507 e. The Morgan fingerprint density at radius 3 is 2.36 bits per heavy atom. The van der Waals surface area contributed by atoms with E-state index < -0.39 is 6.04 Å². The molecule has 2 aliphatic rings. The van der Waals surface area contributed by atoms with Gasteiger partial charge in [-0.3, -0.25) is 19.8 Å². The average Bonchev–Trinajstić information content (AvgIpc) is 3.54. The highest BCUT2D eigenvalue weighted by Gasteiger charge is 2.31. The Labute approximate surface area is 321 Å². The van der Waals surface area contributed by atoms with Gasteiger partial charge in [0.2, 0.25) is 11.8 Å². The number of hydrogen-bond donors (Lipinski definition) is 3. The highest BCUT2D eigenvalue weighted by atomic mass is 16.3. The number of benzene rings is 3. The number of aromatic hydroxyl groups is 1. The van der Waals surface area contributed by atoms with Crippen LogP contribution in [0.5, 0.6) is 5.75 Å². The number of para-hydroxylation sites is 2. The lowest BCUT2D eigenvalue weighted by Gasteiger charge is -2.34. The van der Waals surface area contributed by atoms with E-state index in [0.29, 0.717) is 29.9 Å². The van der Waals surface area contributed by atoms with Crippen molar-refractivity contribution < 1.29 is 14.7 Å². The second kappa shape index (κ2) is 16.4. The normalized spacial score (nSPS) is 16.9. The van der Waals surface area contributed by atoms with Gasteiger partial charge in [-0.25, -0.2) is 4.98 Å². The fraction of sp³-hybridized carbons (Fsp3) is 0.341. The highest BCUT2D eigenvalue weighted by molar-refractivity contribution is 6.10. The molecule has 0 spiro atoms. The van der Waals surface area contributed by atoms with Gasteiger partial charge in [0.25, 0.3) is 0 Å². The molecule has 2 fully saturated rings. The van der Waals surface area contributed by atoms with Crippen LogP contribution >= 0.6 is 0 Å². The average molecular weight is 737 g/mol. The van der Waals surface area contributed by atoms with Gasteiger partial charge >= 0.3 is 0 Å². The minimum atomic E-state index is -0.436. The molecular formula is C44H48N8O3. The number of aryl methyl sites for hydroxylation is 1. The summed E-state index contributed by atoms with van der Waals surface area (Å²) in [7, 11) is 0. The van der Waals surface area contributed by atoms with Crippen LogP contribution in [0.15, 0.2) is 91.1 Å². The summed E-state index contributed by atoms with van der Waals surface area (Å²) < 4.78 is 2.04. The fourth-order valence-electron chi connectivity index (χ4n) is 8.28. The summed E-state index contributed by atoms with van der Waals surface area (Å²) in [6.07, 6.45) is 9.64. The molecule has 1 unspecified atom stereocenters. The summed E-state index contributed by atoms with van der Waals surface area (Å²) in [5, 5.41) is 23.4. The van der Waals surface area contributed by atoms with Crippen molar-refractivity contribution in [1.29, 1.82) is 0 Å². The Morgan fingerprint density at radius 1 is 0.800 bits per heavy atom. The molecule has 0 saturated carbocycles. The van der Waals surface area contributed by atoms with Crippen LogP contribution in [0, 0.1) is 0 Å². The van der Waals surface area contributed by atoms with Gasteiger partial charge in [-0.2, -0.15) is 0 Å². The molecule has 8 rings (SSSR count). The van der Waals surface area contributed by atoms with Gasteiger partial charge in [-0.15, -0.1) is 10.2 Å². The van der Waals surface area contributed by atoms with E-state index >= 15 is 0 Å². The first-order chi connectivity index (χ1) is 26.9. The summed E-state index contributed by atoms with van der Waals surface area (Å²) in [6.45, 7) is 6.38. The summed E-state index contributed by atoms with van der Waals surface area (Å²) >= 11 is 0. The number of nitrogens with zero attached hydrogens (tertiary/aromatic N) is 6. The van der Waals surface area contributed by atoms with E-state index in [4.69, 9.17) is 10.7 Å². The largest absolute Gasteiger partial charge is 0.507 e. The standard InChI is InChI=1S/C44H48N8O3/c45-42-35(28-36(48-49-42)33-11-6-8-14-39(33)53)31-17-15-30(16-18-31)29-51-26-24-50(25-27-51)23-9-3-1-2-4-10-32-21-22-46-43-41(32)34-12-5-7-13-37(34)52(43)38-19-20-40(54)47-44(38)55/h5-8,11-18,21-22,28,38,53H,1-4,9-10,19-20,23-27,29H2,(H2,45,49)(H,47,54,55). The second-order valence-electron chi connectivity index (χ2n) is 14.9. The summed E-state index contributed by atoms with van der Waals surface area (Å²) in [5.41, 5.74) is 13.6. The zero-order valence-electron chi connectivity index (χ0n) is 31.2. The first kappa shape index (κ1) is 36.3. The lowest BCUT2D eigenvalue weighted by Crippen LogP contribution is -2.46. The van der Waals surface area contributed by atoms with Gasteiger partial charge in [-0.1, -0.05) is 73.9 Å². The number of anilines is 1. The Bertz CT molecular complexity index is 2310. The number of phenolic OH excluding ortho intramolecular Hbond substituents is 1. The number of nitrogens with two attached hydrogens (primary N) is 1. The number of phenols is 1. The van der Waals surface area contributed by atoms with Crippen molar-refractivity contribution in [3.63, 3.8) is 0 Å². The molecule has 11 heteroatoms. The van der Waals surface area contributed by atoms with Crippen molar-refractivity contribution in [2.45, 2.75) is 64.0 Å². The number of unbranched alkanes of at least 4 members (excludes halogenated alkanes) is 4. The molecule has 6 aromatic rings. The number of imide groups is 1. The quantitative estimate of drug-likeness (QED) is 0.0854. The molecule has 0 bridgehead atoms.